The number of hydrogen-bond donors (Lipinski definition) is 5. The van der Waals surface area contributed by atoms with Crippen LogP contribution in [-0.4, -0.2) is 55.8 Å². The highest BCUT2D eigenvalue weighted by molar-refractivity contribution is 6.42. The molecule has 1 fully saturated rings. The molecular weight excluding hydrogens is 417 g/mol. The SMILES string of the molecule is Nc1nc(N)[n+]([C@@H]2O[C@H](C(=O)[O-])[C@@H](O)[C@H](O)[C@H]2O)nc1-c1ccc(Cl)c(Cl)c1. The van der Waals surface area contributed by atoms with Crippen molar-refractivity contribution in [1.82, 2.24) is 10.1 Å². The average molecular weight is 432 g/mol. The molecule has 5 atom stereocenters. The van der Waals surface area contributed by atoms with Gasteiger partial charge in [-0.2, -0.15) is 0 Å². The van der Waals surface area contributed by atoms with E-state index in [2.05, 4.69) is 10.1 Å². The highest BCUT2D eigenvalue weighted by atomic mass is 35.5. The number of anilines is 2. The normalized spacial score (nSPS) is 27.5. The van der Waals surface area contributed by atoms with E-state index in [9.17, 15) is 25.2 Å². The minimum atomic E-state index is -1.94. The lowest BCUT2D eigenvalue weighted by Gasteiger charge is -2.39. The second kappa shape index (κ2) is 7.62. The number of aliphatic carboxylic acids is 1. The molecule has 7 N–H and O–H groups in total. The van der Waals surface area contributed by atoms with Crippen molar-refractivity contribution in [2.75, 3.05) is 11.5 Å². The third-order valence-electron chi connectivity index (χ3n) is 4.17. The molecule has 150 valence electrons. The maximum absolute atomic E-state index is 11.2. The number of ether oxygens (including phenoxy) is 1. The fourth-order valence-electron chi connectivity index (χ4n) is 2.73. The Bertz CT molecular complexity index is 932. The number of aliphatic hydroxyl groups is 3. The first-order valence-corrected chi connectivity index (χ1v) is 8.58. The lowest BCUT2D eigenvalue weighted by atomic mass is 9.98. The Kier molecular flexibility index (Phi) is 5.57. The number of rotatable bonds is 3. The highest BCUT2D eigenvalue weighted by Crippen LogP contribution is 2.30. The van der Waals surface area contributed by atoms with Crippen molar-refractivity contribution in [3.8, 4) is 11.3 Å². The van der Waals surface area contributed by atoms with Gasteiger partial charge in [0.1, 0.15) is 24.4 Å². The second-order valence-corrected chi connectivity index (χ2v) is 6.83. The Morgan fingerprint density at radius 2 is 1.82 bits per heavy atom. The van der Waals surface area contributed by atoms with E-state index in [0.717, 1.165) is 4.68 Å². The molecule has 0 aliphatic carbocycles. The zero-order valence-electron chi connectivity index (χ0n) is 13.9. The van der Waals surface area contributed by atoms with Gasteiger partial charge in [-0.15, -0.1) is 9.78 Å². The number of carboxylic acid groups (broad SMARTS) is 1. The van der Waals surface area contributed by atoms with Crippen LogP contribution < -0.4 is 21.3 Å². The van der Waals surface area contributed by atoms with Gasteiger partial charge in [-0.3, -0.25) is 5.73 Å². The summed E-state index contributed by atoms with van der Waals surface area (Å²) in [5, 5.41) is 45.8. The summed E-state index contributed by atoms with van der Waals surface area (Å²) in [4.78, 5) is 15.1. The van der Waals surface area contributed by atoms with E-state index < -0.39 is 36.6 Å². The van der Waals surface area contributed by atoms with Crippen LogP contribution in [0.25, 0.3) is 11.3 Å². The average Bonchev–Trinajstić information content (AvgIpc) is 2.63. The quantitative estimate of drug-likeness (QED) is 0.328. The van der Waals surface area contributed by atoms with Crippen LogP contribution in [0.1, 0.15) is 6.23 Å². The van der Waals surface area contributed by atoms with E-state index in [0.29, 0.717) is 10.6 Å². The van der Waals surface area contributed by atoms with E-state index in [1.807, 2.05) is 0 Å². The number of carboxylic acids is 1. The fourth-order valence-corrected chi connectivity index (χ4v) is 3.03. The molecule has 1 saturated heterocycles. The van der Waals surface area contributed by atoms with Crippen LogP contribution >= 0.6 is 23.2 Å². The molecule has 1 aliphatic heterocycles. The third-order valence-corrected chi connectivity index (χ3v) is 4.91. The summed E-state index contributed by atoms with van der Waals surface area (Å²) >= 11 is 11.9. The van der Waals surface area contributed by atoms with Crippen molar-refractivity contribution >= 4 is 40.9 Å². The summed E-state index contributed by atoms with van der Waals surface area (Å²) in [5.41, 5.74) is 12.1. The van der Waals surface area contributed by atoms with Gasteiger partial charge in [-0.1, -0.05) is 29.3 Å². The van der Waals surface area contributed by atoms with Crippen LogP contribution in [0, 0.1) is 0 Å². The molecule has 1 aliphatic rings. The number of carbonyl (C=O) groups excluding carboxylic acids is 1. The molecule has 0 saturated carbocycles. The summed E-state index contributed by atoms with van der Waals surface area (Å²) in [5.74, 6) is -2.23. The Morgan fingerprint density at radius 3 is 2.43 bits per heavy atom. The van der Waals surface area contributed by atoms with E-state index in [4.69, 9.17) is 39.4 Å². The molecule has 1 aromatic carbocycles. The zero-order chi connectivity index (χ0) is 20.7. The largest absolute Gasteiger partial charge is 0.547 e. The first-order chi connectivity index (χ1) is 13.1. The fraction of sp³-hybridized carbons (Fsp3) is 0.333. The number of nitrogens with zero attached hydrogens (tertiary/aromatic N) is 3. The molecule has 2 aromatic rings. The van der Waals surface area contributed by atoms with Crippen molar-refractivity contribution in [3.05, 3.63) is 28.2 Å². The molecule has 0 spiro atoms. The zero-order valence-corrected chi connectivity index (χ0v) is 15.4. The predicted octanol–water partition coefficient (Wildman–Crippen LogP) is -2.37. The Balaban J connectivity index is 2.08. The molecule has 0 bridgehead atoms. The number of aromatic nitrogens is 3. The van der Waals surface area contributed by atoms with Crippen LogP contribution in [0.4, 0.5) is 11.8 Å². The lowest BCUT2D eigenvalue weighted by molar-refractivity contribution is -0.813. The minimum absolute atomic E-state index is 0.0779. The van der Waals surface area contributed by atoms with Gasteiger partial charge in [0, 0.05) is 5.56 Å². The van der Waals surface area contributed by atoms with Crippen molar-refractivity contribution in [2.45, 2.75) is 30.6 Å². The van der Waals surface area contributed by atoms with Crippen LogP contribution in [0.5, 0.6) is 0 Å². The highest BCUT2D eigenvalue weighted by Gasteiger charge is 2.48. The number of nitrogens with two attached hydrogens (primary N) is 2. The number of hydrogen-bond acceptors (Lipinski definition) is 10. The smallest absolute Gasteiger partial charge is 0.413 e. The van der Waals surface area contributed by atoms with E-state index in [-0.39, 0.29) is 22.5 Å². The van der Waals surface area contributed by atoms with Crippen molar-refractivity contribution in [3.63, 3.8) is 0 Å². The first kappa shape index (κ1) is 20.5. The summed E-state index contributed by atoms with van der Waals surface area (Å²) in [6.07, 6.45) is -9.12. The second-order valence-electron chi connectivity index (χ2n) is 6.02. The maximum Gasteiger partial charge on any atom is 0.413 e. The summed E-state index contributed by atoms with van der Waals surface area (Å²) < 4.78 is 5.99. The van der Waals surface area contributed by atoms with Gasteiger partial charge in [-0.05, 0) is 17.1 Å². The molecule has 3 rings (SSSR count). The van der Waals surface area contributed by atoms with Crippen LogP contribution in [0.2, 0.25) is 10.0 Å². The molecule has 28 heavy (non-hydrogen) atoms. The Morgan fingerprint density at radius 1 is 1.14 bits per heavy atom. The predicted molar refractivity (Wildman–Crippen MR) is 93.4 cm³/mol. The molecular formula is C15H15Cl2N5O6. The van der Waals surface area contributed by atoms with Crippen LogP contribution in [0.15, 0.2) is 18.2 Å². The van der Waals surface area contributed by atoms with Crippen LogP contribution in [0.3, 0.4) is 0 Å². The Labute approximate surface area is 167 Å². The molecule has 11 nitrogen and oxygen atoms in total. The van der Waals surface area contributed by atoms with Gasteiger partial charge in [0.15, 0.2) is 5.69 Å². The van der Waals surface area contributed by atoms with Crippen LogP contribution in [-0.2, 0) is 9.53 Å². The van der Waals surface area contributed by atoms with Crippen molar-refractivity contribution in [1.29, 1.82) is 0 Å². The van der Waals surface area contributed by atoms with Crippen molar-refractivity contribution in [2.24, 2.45) is 0 Å². The van der Waals surface area contributed by atoms with Gasteiger partial charge in [0.25, 0.3) is 0 Å². The topological polar surface area (TPSA) is 192 Å². The van der Waals surface area contributed by atoms with Gasteiger partial charge in [0.05, 0.1) is 16.0 Å². The molecule has 0 amide bonds. The standard InChI is InChI=1S/C15H15Cl2N5O6/c16-5-2-1-4(3-6(5)17)7-12(18)20-15(19)22(21-7)13-10(25)8(23)9(24)11(28-13)14(26)27/h1-3,8-11,13,23-25H,(H4,18,19,20,26,27)/t8-,9-,10+,11-,13+/m0/s1. The monoisotopic (exact) mass is 431 g/mol. The number of benzene rings is 1. The number of halogens is 2. The molecule has 13 heteroatoms. The van der Waals surface area contributed by atoms with Crippen molar-refractivity contribution < 1.29 is 34.6 Å². The third kappa shape index (κ3) is 3.55. The van der Waals surface area contributed by atoms with Gasteiger partial charge in [-0.25, -0.2) is 0 Å². The Hall–Kier alpha value is -2.28. The summed E-state index contributed by atoms with van der Waals surface area (Å²) in [6.45, 7) is 0. The van der Waals surface area contributed by atoms with Gasteiger partial charge in [0.2, 0.25) is 12.0 Å². The van der Waals surface area contributed by atoms with Gasteiger partial charge < -0.3 is 35.7 Å². The first-order valence-electron chi connectivity index (χ1n) is 7.82. The van der Waals surface area contributed by atoms with E-state index in [1.165, 1.54) is 12.1 Å². The molecule has 1 aromatic heterocycles. The summed E-state index contributed by atoms with van der Waals surface area (Å²) in [7, 11) is 0. The number of carbonyl (C=O) groups is 1. The maximum atomic E-state index is 11.2. The lowest BCUT2D eigenvalue weighted by Crippen LogP contribution is -2.66. The molecule has 0 radical (unpaired) electrons. The summed E-state index contributed by atoms with van der Waals surface area (Å²) in [6, 6.07) is 4.51. The molecule has 2 heterocycles. The number of aliphatic hydroxyl groups excluding tert-OH is 3. The molecule has 0 unspecified atom stereocenters. The van der Waals surface area contributed by atoms with E-state index >= 15 is 0 Å². The van der Waals surface area contributed by atoms with Gasteiger partial charge >= 0.3 is 5.95 Å². The minimum Gasteiger partial charge on any atom is -0.547 e. The number of nitrogen functional groups attached to an aromatic ring is 2. The van der Waals surface area contributed by atoms with E-state index in [1.54, 1.807) is 6.07 Å².